The first-order valence-electron chi connectivity index (χ1n) is 11.0. The van der Waals surface area contributed by atoms with E-state index in [4.69, 9.17) is 9.72 Å². The number of carbonyl (C=O) groups is 1. The molecule has 1 aliphatic rings. The Morgan fingerprint density at radius 3 is 2.28 bits per heavy atom. The van der Waals surface area contributed by atoms with Gasteiger partial charge in [-0.25, -0.2) is 9.78 Å². The van der Waals surface area contributed by atoms with Crippen molar-refractivity contribution in [1.29, 1.82) is 0 Å². The van der Waals surface area contributed by atoms with Gasteiger partial charge in [0.05, 0.1) is 11.2 Å². The van der Waals surface area contributed by atoms with Crippen LogP contribution < -0.4 is 4.74 Å². The molecule has 0 unspecified atom stereocenters. The number of ether oxygens (including phenoxy) is 1. The topological polar surface area (TPSA) is 114 Å². The van der Waals surface area contributed by atoms with Gasteiger partial charge in [0.1, 0.15) is 11.3 Å². The number of aromatic carboxylic acids is 1. The first-order valence-corrected chi connectivity index (χ1v) is 11.0. The molecule has 0 atom stereocenters. The first kappa shape index (κ1) is 25.7. The summed E-state index contributed by atoms with van der Waals surface area (Å²) < 4.78 is 6.22. The predicted octanol–water partition coefficient (Wildman–Crippen LogP) is 4.69. The van der Waals surface area contributed by atoms with Gasteiger partial charge in [-0.1, -0.05) is 54.6 Å². The second kappa shape index (κ2) is 10.7. The summed E-state index contributed by atoms with van der Waals surface area (Å²) in [5.41, 5.74) is 4.29. The second-order valence-corrected chi connectivity index (χ2v) is 8.21. The van der Waals surface area contributed by atoms with Crippen molar-refractivity contribution in [1.82, 2.24) is 25.6 Å². The number of hydrogen-bond acceptors (Lipinski definition) is 6. The monoisotopic (exact) mass is 463 g/mol. The number of carboxylic acids is 1. The number of tetrazole rings is 1. The van der Waals surface area contributed by atoms with Gasteiger partial charge in [-0.2, -0.15) is 5.21 Å². The van der Waals surface area contributed by atoms with E-state index in [1.807, 2.05) is 66.7 Å². The third kappa shape index (κ3) is 4.82. The Kier molecular flexibility index (Phi) is 7.63. The maximum absolute atomic E-state index is 12.3. The number of fused-ring (bicyclic) bond motifs is 1. The molecule has 0 bridgehead atoms. The minimum Gasteiger partial charge on any atom is -0.478 e. The summed E-state index contributed by atoms with van der Waals surface area (Å²) in [7, 11) is 0. The van der Waals surface area contributed by atoms with E-state index in [1.54, 1.807) is 6.07 Å². The molecule has 0 saturated heterocycles. The molecule has 6 rings (SSSR count). The molecule has 3 aromatic carbocycles. The molecule has 36 heavy (non-hydrogen) atoms. The van der Waals surface area contributed by atoms with Gasteiger partial charge in [-0.15, -0.1) is 10.2 Å². The Bertz CT molecular complexity index is 1520. The summed E-state index contributed by atoms with van der Waals surface area (Å²) in [5.74, 6) is 0.578. The molecule has 168 valence electrons. The Labute approximate surface area is 230 Å². The largest absolute Gasteiger partial charge is 0.478 e. The van der Waals surface area contributed by atoms with Crippen LogP contribution in [-0.2, 0) is 0 Å². The van der Waals surface area contributed by atoms with Crippen molar-refractivity contribution < 1.29 is 14.6 Å². The van der Waals surface area contributed by atoms with Crippen molar-refractivity contribution in [3.05, 3.63) is 84.1 Å². The number of H-pyrrole nitrogens is 1. The number of aromatic nitrogens is 5. The molecule has 2 heterocycles. The van der Waals surface area contributed by atoms with Gasteiger partial charge in [-0.05, 0) is 47.4 Å². The Balaban J connectivity index is 0.00000152. The molecule has 2 radical (unpaired) electrons. The van der Waals surface area contributed by atoms with Crippen LogP contribution in [0.1, 0.15) is 34.8 Å². The van der Waals surface area contributed by atoms with E-state index >= 15 is 0 Å². The van der Waals surface area contributed by atoms with E-state index in [9.17, 15) is 9.90 Å². The number of pyridine rings is 1. The molecule has 0 aliphatic heterocycles. The van der Waals surface area contributed by atoms with Crippen LogP contribution in [0.25, 0.3) is 33.4 Å². The van der Waals surface area contributed by atoms with Gasteiger partial charge < -0.3 is 9.84 Å². The molecule has 1 aliphatic carbocycles. The number of aromatic amines is 1. The SMILES string of the molecule is O=C(O)c1c(Oc2ccc(-c3ccccc3-c3nn[nH]n3)cc2)c(C2CC2)nc2ccccc12.[Li].[Li]. The smallest absolute Gasteiger partial charge is 0.340 e. The van der Waals surface area contributed by atoms with Crippen LogP contribution >= 0.6 is 0 Å². The van der Waals surface area contributed by atoms with Gasteiger partial charge in [0.15, 0.2) is 5.75 Å². The number of nitrogens with one attached hydrogen (secondary N) is 1. The van der Waals surface area contributed by atoms with Gasteiger partial charge in [0.2, 0.25) is 5.82 Å². The minimum absolute atomic E-state index is 0. The van der Waals surface area contributed by atoms with Crippen molar-refractivity contribution in [3.63, 3.8) is 0 Å². The van der Waals surface area contributed by atoms with Gasteiger partial charge in [0.25, 0.3) is 0 Å². The summed E-state index contributed by atoms with van der Waals surface area (Å²) in [5, 5.41) is 25.0. The zero-order valence-electron chi connectivity index (χ0n) is 20.0. The van der Waals surface area contributed by atoms with Crippen molar-refractivity contribution in [2.45, 2.75) is 18.8 Å². The van der Waals surface area contributed by atoms with Gasteiger partial charge in [-0.3, -0.25) is 0 Å². The molecular formula is C26H19Li2N5O3. The summed E-state index contributed by atoms with van der Waals surface area (Å²) in [6.45, 7) is 0. The molecule has 5 aromatic rings. The van der Waals surface area contributed by atoms with Crippen LogP contribution in [0.3, 0.4) is 0 Å². The normalized spacial score (nSPS) is 12.4. The summed E-state index contributed by atoms with van der Waals surface area (Å²) >= 11 is 0. The zero-order chi connectivity index (χ0) is 23.1. The quantitative estimate of drug-likeness (QED) is 0.351. The number of carboxylic acid groups (broad SMARTS) is 1. The first-order chi connectivity index (χ1) is 16.7. The second-order valence-electron chi connectivity index (χ2n) is 8.21. The van der Waals surface area contributed by atoms with E-state index in [0.29, 0.717) is 33.9 Å². The van der Waals surface area contributed by atoms with Gasteiger partial charge >= 0.3 is 5.97 Å². The fourth-order valence-electron chi connectivity index (χ4n) is 4.19. The molecule has 1 fully saturated rings. The van der Waals surface area contributed by atoms with Crippen molar-refractivity contribution in [2.75, 3.05) is 0 Å². The summed E-state index contributed by atoms with van der Waals surface area (Å²) in [6.07, 6.45) is 1.96. The van der Waals surface area contributed by atoms with E-state index in [0.717, 1.165) is 29.5 Å². The number of benzene rings is 3. The molecule has 2 N–H and O–H groups in total. The van der Waals surface area contributed by atoms with Crippen LogP contribution in [0.5, 0.6) is 11.5 Å². The van der Waals surface area contributed by atoms with E-state index in [1.165, 1.54) is 0 Å². The van der Waals surface area contributed by atoms with Crippen LogP contribution in [0.4, 0.5) is 0 Å². The predicted molar refractivity (Wildman–Crippen MR) is 137 cm³/mol. The standard InChI is InChI=1S/C26H19N5O3.2Li/c32-26(33)22-20-7-3-4-8-21(20)27-23(16-9-10-16)24(22)34-17-13-11-15(12-14-17)18-5-1-2-6-19(18)25-28-30-31-29-25;;/h1-8,11-14,16H,9-10H2,(H,32,33)(H,28,29,30,31);;. The van der Waals surface area contributed by atoms with Gasteiger partial charge in [0, 0.05) is 54.6 Å². The molecule has 0 spiro atoms. The fourth-order valence-corrected chi connectivity index (χ4v) is 4.19. The molecule has 2 aromatic heterocycles. The molecule has 8 nitrogen and oxygen atoms in total. The number of hydrogen-bond donors (Lipinski definition) is 2. The summed E-state index contributed by atoms with van der Waals surface area (Å²) in [6, 6.07) is 22.6. The minimum atomic E-state index is -1.03. The number of rotatable bonds is 6. The molecular weight excluding hydrogens is 444 g/mol. The van der Waals surface area contributed by atoms with Crippen LogP contribution in [-0.4, -0.2) is 74.4 Å². The van der Waals surface area contributed by atoms with Crippen LogP contribution in [0, 0.1) is 0 Å². The molecule has 1 saturated carbocycles. The fraction of sp³-hybridized carbons (Fsp3) is 0.115. The van der Waals surface area contributed by atoms with Crippen LogP contribution in [0.2, 0.25) is 0 Å². The zero-order valence-corrected chi connectivity index (χ0v) is 20.0. The third-order valence-corrected chi connectivity index (χ3v) is 5.95. The average molecular weight is 463 g/mol. The number of nitrogens with zero attached hydrogens (tertiary/aromatic N) is 4. The third-order valence-electron chi connectivity index (χ3n) is 5.95. The summed E-state index contributed by atoms with van der Waals surface area (Å²) in [4.78, 5) is 17.1. The van der Waals surface area contributed by atoms with E-state index in [-0.39, 0.29) is 49.2 Å². The molecule has 10 heteroatoms. The Hall–Kier alpha value is -3.40. The maximum atomic E-state index is 12.3. The van der Waals surface area contributed by atoms with E-state index in [2.05, 4.69) is 20.6 Å². The van der Waals surface area contributed by atoms with Crippen LogP contribution in [0.15, 0.2) is 72.8 Å². The Morgan fingerprint density at radius 2 is 1.61 bits per heavy atom. The Morgan fingerprint density at radius 1 is 0.917 bits per heavy atom. The maximum Gasteiger partial charge on any atom is 0.340 e. The number of para-hydroxylation sites is 1. The molecule has 0 amide bonds. The average Bonchev–Trinajstić information content (AvgIpc) is 3.57. The van der Waals surface area contributed by atoms with Crippen molar-refractivity contribution >= 4 is 54.6 Å². The van der Waals surface area contributed by atoms with Crippen molar-refractivity contribution in [3.8, 4) is 34.0 Å². The van der Waals surface area contributed by atoms with E-state index < -0.39 is 5.97 Å². The van der Waals surface area contributed by atoms with Crippen molar-refractivity contribution in [2.24, 2.45) is 0 Å².